The molecule has 0 bridgehead atoms. The molecule has 68 valence electrons. The molecular formula is C5H12O4SU-2. The van der Waals surface area contributed by atoms with Crippen LogP contribution in [0.5, 0.6) is 0 Å². The van der Waals surface area contributed by atoms with Gasteiger partial charge in [0.2, 0.25) is 0 Å². The van der Waals surface area contributed by atoms with Crippen LogP contribution in [0, 0.1) is 38.0 Å². The monoisotopic (exact) mass is 406 g/mol. The van der Waals surface area contributed by atoms with Gasteiger partial charge in [0.25, 0.3) is 0 Å². The average molecular weight is 406 g/mol. The average Bonchev–Trinajstić information content (AvgIpc) is 1.87. The molecule has 6 heteroatoms. The van der Waals surface area contributed by atoms with Crippen molar-refractivity contribution in [1.82, 2.24) is 0 Å². The molecule has 0 aliphatic carbocycles. The molecule has 0 heterocycles. The van der Waals surface area contributed by atoms with Gasteiger partial charge in [-0.1, -0.05) is 18.6 Å². The smallest absolute Gasteiger partial charge is 0.0319 e. The first-order valence-electron chi connectivity index (χ1n) is 2.50. The Morgan fingerprint density at radius 3 is 1.91 bits per heavy atom. The van der Waals surface area contributed by atoms with E-state index in [1.54, 1.807) is 13.8 Å². The predicted molar refractivity (Wildman–Crippen MR) is 37.3 cm³/mol. The van der Waals surface area contributed by atoms with Crippen molar-refractivity contribution in [2.24, 2.45) is 0 Å². The second kappa shape index (κ2) is 11.2. The Bertz CT molecular complexity index is 66.0. The Hall–Kier alpha value is 1.24. The summed E-state index contributed by atoms with van der Waals surface area (Å²) >= 11 is 0.888. The van der Waals surface area contributed by atoms with Gasteiger partial charge in [0.1, 0.15) is 0 Å². The van der Waals surface area contributed by atoms with E-state index >= 15 is 0 Å². The van der Waals surface area contributed by atoms with Crippen LogP contribution in [0.25, 0.3) is 0 Å². The molecule has 1 N–H and O–H groups in total. The van der Waals surface area contributed by atoms with Crippen LogP contribution in [0.1, 0.15) is 13.8 Å². The number of aliphatic hydroxyl groups excluding tert-OH is 1. The van der Waals surface area contributed by atoms with E-state index in [1.807, 2.05) is 0 Å². The van der Waals surface area contributed by atoms with Gasteiger partial charge in [-0.25, -0.2) is 0 Å². The van der Waals surface area contributed by atoms with Crippen LogP contribution in [0.15, 0.2) is 0 Å². The maximum atomic E-state index is 9.21. The molecule has 4 nitrogen and oxygen atoms in total. The van der Waals surface area contributed by atoms with Crippen LogP contribution in [-0.4, -0.2) is 17.0 Å². The molecule has 0 amide bonds. The van der Waals surface area contributed by atoms with Gasteiger partial charge in [0.05, 0.1) is 0 Å². The largest absolute Gasteiger partial charge is 0.691 e. The summed E-state index contributed by atoms with van der Waals surface area (Å²) in [6.07, 6.45) is 0. The molecule has 0 fully saturated rings. The molecule has 0 aromatic rings. The Kier molecular flexibility index (Phi) is 18.5. The van der Waals surface area contributed by atoms with E-state index < -0.39 is 0 Å². The van der Waals surface area contributed by atoms with E-state index in [1.165, 1.54) is 0 Å². The summed E-state index contributed by atoms with van der Waals surface area (Å²) in [6.45, 7) is 7.23. The maximum absolute atomic E-state index is 9.21. The molecule has 0 saturated carbocycles. The van der Waals surface area contributed by atoms with Crippen LogP contribution in [0.4, 0.5) is 0 Å². The standard InChI is InChI=1S/C4H9O3S.CH4O.U/c1-4(2,3)8-7-6-5;1-2;/h5H,1H2,2-3H3;2H,1H3;/q-1;;/p-1. The van der Waals surface area contributed by atoms with Crippen LogP contribution in [0.3, 0.4) is 0 Å². The Balaban J connectivity index is -0.000000196. The molecule has 0 aliphatic rings. The van der Waals surface area contributed by atoms with Gasteiger partial charge in [-0.15, -0.1) is 0 Å². The molecule has 0 aliphatic heterocycles. The number of rotatable bonds is 3. The zero-order valence-corrected chi connectivity index (χ0v) is 11.8. The van der Waals surface area contributed by atoms with Gasteiger partial charge in [-0.2, -0.15) is 4.33 Å². The van der Waals surface area contributed by atoms with E-state index in [9.17, 15) is 5.26 Å². The van der Waals surface area contributed by atoms with Crippen molar-refractivity contribution in [2.75, 3.05) is 7.11 Å². The van der Waals surface area contributed by atoms with E-state index in [4.69, 9.17) is 5.11 Å². The summed E-state index contributed by atoms with van der Waals surface area (Å²) in [5.41, 5.74) is 0. The van der Waals surface area contributed by atoms with Crippen molar-refractivity contribution in [3.63, 3.8) is 0 Å². The van der Waals surface area contributed by atoms with E-state index in [0.717, 1.165) is 19.2 Å². The van der Waals surface area contributed by atoms with E-state index in [0.29, 0.717) is 0 Å². The molecule has 0 atom stereocenters. The fraction of sp³-hybridized carbons (Fsp3) is 0.800. The minimum atomic E-state index is -0.329. The molecule has 0 unspecified atom stereocenters. The second-order valence-electron chi connectivity index (χ2n) is 1.98. The van der Waals surface area contributed by atoms with Crippen LogP contribution < -0.4 is 5.26 Å². The third kappa shape index (κ3) is 24.6. The second-order valence-corrected chi connectivity index (χ2v) is 3.39. The van der Waals surface area contributed by atoms with E-state index in [-0.39, 0.29) is 35.9 Å². The summed E-state index contributed by atoms with van der Waals surface area (Å²) < 4.78 is 3.67. The van der Waals surface area contributed by atoms with Gasteiger partial charge in [0.15, 0.2) is 0 Å². The van der Waals surface area contributed by atoms with Crippen molar-refractivity contribution in [3.05, 3.63) is 6.92 Å². The van der Waals surface area contributed by atoms with Gasteiger partial charge < -0.3 is 17.3 Å². The van der Waals surface area contributed by atoms with Crippen molar-refractivity contribution >= 4 is 12.0 Å². The van der Waals surface area contributed by atoms with Crippen LogP contribution in [0.2, 0.25) is 0 Å². The van der Waals surface area contributed by atoms with Gasteiger partial charge in [-0.3, -0.25) is 5.04 Å². The Morgan fingerprint density at radius 1 is 1.45 bits per heavy atom. The van der Waals surface area contributed by atoms with Crippen molar-refractivity contribution < 1.29 is 50.8 Å². The summed E-state index contributed by atoms with van der Waals surface area (Å²) in [5.74, 6) is 0. The summed E-state index contributed by atoms with van der Waals surface area (Å²) in [6, 6.07) is 0. The predicted octanol–water partition coefficient (Wildman–Crippen LogP) is 0.0793. The number of aliphatic hydroxyl groups is 1. The molecule has 11 heavy (non-hydrogen) atoms. The Labute approximate surface area is 95.1 Å². The van der Waals surface area contributed by atoms with Crippen LogP contribution in [-0.2, 0) is 9.37 Å². The quantitative estimate of drug-likeness (QED) is 0.312. The third-order valence-corrected chi connectivity index (χ3v) is 0.862. The van der Waals surface area contributed by atoms with Gasteiger partial charge in [0, 0.05) is 50.3 Å². The van der Waals surface area contributed by atoms with Crippen molar-refractivity contribution in [1.29, 1.82) is 0 Å². The molecule has 0 rings (SSSR count). The van der Waals surface area contributed by atoms with Gasteiger partial charge in [-0.05, 0) is 0 Å². The Morgan fingerprint density at radius 2 is 1.82 bits per heavy atom. The first-order valence-corrected chi connectivity index (χ1v) is 3.25. The fourth-order valence-electron chi connectivity index (χ4n) is 0.106. The van der Waals surface area contributed by atoms with E-state index in [2.05, 4.69) is 16.3 Å². The summed E-state index contributed by atoms with van der Waals surface area (Å²) in [7, 11) is 1.00. The molecule has 0 aromatic carbocycles. The first-order chi connectivity index (χ1) is 4.56. The molecule has 0 saturated heterocycles. The van der Waals surface area contributed by atoms with Crippen molar-refractivity contribution in [3.8, 4) is 0 Å². The normalized spacial score (nSPS) is 9.27. The molecule has 0 spiro atoms. The zero-order chi connectivity index (χ0) is 8.62. The molecule has 0 radical (unpaired) electrons. The van der Waals surface area contributed by atoms with Crippen LogP contribution >= 0.6 is 12.0 Å². The minimum absolute atomic E-state index is 0. The number of hydrogen-bond donors (Lipinski definition) is 1. The molecular weight excluding hydrogens is 394 g/mol. The fourth-order valence-corrected chi connectivity index (χ4v) is 0.318. The minimum Gasteiger partial charge on any atom is -0.691 e. The maximum Gasteiger partial charge on any atom is 0.0319 e. The zero-order valence-electron chi connectivity index (χ0n) is 6.79. The van der Waals surface area contributed by atoms with Crippen molar-refractivity contribution in [2.45, 2.75) is 18.6 Å². The topological polar surface area (TPSA) is 61.8 Å². The SMILES string of the molecule is CO.[CH2-]C(C)(C)SOO[O-].[U]. The number of hydrogen-bond acceptors (Lipinski definition) is 5. The summed E-state index contributed by atoms with van der Waals surface area (Å²) in [5, 5.41) is 19.3. The summed E-state index contributed by atoms with van der Waals surface area (Å²) in [4.78, 5) is 0. The third-order valence-electron chi connectivity index (χ3n) is 0.287. The molecule has 0 aromatic heterocycles. The first kappa shape index (κ1) is 18.1. The van der Waals surface area contributed by atoms with Gasteiger partial charge >= 0.3 is 0 Å².